The molecule has 0 bridgehead atoms. The summed E-state index contributed by atoms with van der Waals surface area (Å²) in [5.41, 5.74) is 4.33. The molecule has 5 rings (SSSR count). The summed E-state index contributed by atoms with van der Waals surface area (Å²) >= 11 is 0. The van der Waals surface area contributed by atoms with Gasteiger partial charge in [0, 0.05) is 29.8 Å². The van der Waals surface area contributed by atoms with Crippen LogP contribution in [-0.2, 0) is 13.1 Å². The third kappa shape index (κ3) is 3.94. The van der Waals surface area contributed by atoms with Gasteiger partial charge in [-0.15, -0.1) is 0 Å². The fourth-order valence-corrected chi connectivity index (χ4v) is 4.36. The van der Waals surface area contributed by atoms with Gasteiger partial charge < -0.3 is 18.9 Å². The highest BCUT2D eigenvalue weighted by Crippen LogP contribution is 2.43. The first-order valence-electron chi connectivity index (χ1n) is 10.8. The van der Waals surface area contributed by atoms with Gasteiger partial charge in [0.05, 0.1) is 19.8 Å². The van der Waals surface area contributed by atoms with Crippen molar-refractivity contribution in [2.75, 3.05) is 21.0 Å². The summed E-state index contributed by atoms with van der Waals surface area (Å²) in [6, 6.07) is 17.4. The lowest BCUT2D eigenvalue weighted by atomic mass is 9.99. The largest absolute Gasteiger partial charge is 0.497 e. The van der Waals surface area contributed by atoms with Gasteiger partial charge in [-0.3, -0.25) is 9.69 Å². The van der Waals surface area contributed by atoms with Gasteiger partial charge in [-0.25, -0.2) is 0 Å². The van der Waals surface area contributed by atoms with Gasteiger partial charge in [-0.05, 0) is 42.8 Å². The molecule has 0 amide bonds. The van der Waals surface area contributed by atoms with Crippen LogP contribution in [0.1, 0.15) is 32.6 Å². The van der Waals surface area contributed by atoms with E-state index in [4.69, 9.17) is 18.9 Å². The zero-order chi connectivity index (χ0) is 22.9. The fraction of sp³-hybridized carbons (Fsp3) is 0.222. The monoisotopic (exact) mass is 443 g/mol. The molecule has 6 nitrogen and oxygen atoms in total. The van der Waals surface area contributed by atoms with Crippen molar-refractivity contribution in [3.63, 3.8) is 0 Å². The predicted octanol–water partition coefficient (Wildman–Crippen LogP) is 4.98. The van der Waals surface area contributed by atoms with Crippen LogP contribution in [0.15, 0.2) is 60.4 Å². The van der Waals surface area contributed by atoms with E-state index in [0.717, 1.165) is 39.5 Å². The lowest BCUT2D eigenvalue weighted by Crippen LogP contribution is -2.32. The van der Waals surface area contributed by atoms with E-state index < -0.39 is 0 Å². The Hall–Kier alpha value is -3.77. The Bertz CT molecular complexity index is 1260. The fourth-order valence-electron chi connectivity index (χ4n) is 4.36. The van der Waals surface area contributed by atoms with Crippen molar-refractivity contribution < 1.29 is 23.7 Å². The highest BCUT2D eigenvalue weighted by molar-refractivity contribution is 6.15. The minimum Gasteiger partial charge on any atom is -0.497 e. The standard InChI is InChI=1S/C27H25NO5/c1-17-26-20(15-28(16-32-26)14-19-8-4-5-10-23(19)31-3)13-22-25(29)24(33-27(17)22)12-18-7-6-9-21(11-18)30-2/h4-13H,14-16H2,1-3H3/b24-12-. The van der Waals surface area contributed by atoms with Crippen LogP contribution < -0.4 is 18.9 Å². The molecule has 0 unspecified atom stereocenters. The van der Waals surface area contributed by atoms with Crippen molar-refractivity contribution in [3.05, 3.63) is 88.2 Å². The van der Waals surface area contributed by atoms with E-state index in [2.05, 4.69) is 11.0 Å². The number of methoxy groups -OCH3 is 2. The summed E-state index contributed by atoms with van der Waals surface area (Å²) in [5, 5.41) is 0. The van der Waals surface area contributed by atoms with Crippen LogP contribution in [0.2, 0.25) is 0 Å². The second-order valence-corrected chi connectivity index (χ2v) is 8.16. The number of ether oxygens (including phenoxy) is 4. The molecule has 3 aromatic carbocycles. The first-order chi connectivity index (χ1) is 16.1. The third-order valence-corrected chi connectivity index (χ3v) is 5.98. The van der Waals surface area contributed by atoms with E-state index in [9.17, 15) is 4.79 Å². The average Bonchev–Trinajstić information content (AvgIpc) is 3.15. The van der Waals surface area contributed by atoms with Crippen molar-refractivity contribution in [2.45, 2.75) is 20.0 Å². The first-order valence-corrected chi connectivity index (χ1v) is 10.8. The van der Waals surface area contributed by atoms with Crippen LogP contribution in [0.3, 0.4) is 0 Å². The maximum atomic E-state index is 13.2. The van der Waals surface area contributed by atoms with Gasteiger partial charge in [0.15, 0.2) is 5.76 Å². The molecule has 168 valence electrons. The average molecular weight is 443 g/mol. The molecule has 2 aliphatic rings. The maximum Gasteiger partial charge on any atom is 0.231 e. The zero-order valence-electron chi connectivity index (χ0n) is 18.9. The highest BCUT2D eigenvalue weighted by atomic mass is 16.5. The van der Waals surface area contributed by atoms with Gasteiger partial charge in [0.2, 0.25) is 5.78 Å². The molecule has 0 fully saturated rings. The van der Waals surface area contributed by atoms with Crippen LogP contribution in [0.4, 0.5) is 0 Å². The third-order valence-electron chi connectivity index (χ3n) is 5.98. The molecule has 0 atom stereocenters. The summed E-state index contributed by atoms with van der Waals surface area (Å²) in [6.45, 7) is 3.75. The van der Waals surface area contributed by atoms with Crippen molar-refractivity contribution in [3.8, 4) is 23.0 Å². The molecule has 0 saturated heterocycles. The van der Waals surface area contributed by atoms with Gasteiger partial charge in [0.25, 0.3) is 0 Å². The molecule has 2 aliphatic heterocycles. The number of carbonyl (C=O) groups excluding carboxylic acids is 1. The molecular weight excluding hydrogens is 418 g/mol. The second kappa shape index (κ2) is 8.64. The second-order valence-electron chi connectivity index (χ2n) is 8.16. The van der Waals surface area contributed by atoms with Gasteiger partial charge in [-0.1, -0.05) is 30.3 Å². The summed E-state index contributed by atoms with van der Waals surface area (Å²) in [7, 11) is 3.29. The number of Topliss-reactive ketones (excluding diaryl/α,β-unsaturated/α-hetero) is 1. The van der Waals surface area contributed by atoms with Crippen LogP contribution in [0.5, 0.6) is 23.0 Å². The number of benzene rings is 3. The van der Waals surface area contributed by atoms with Crippen molar-refractivity contribution in [1.82, 2.24) is 4.90 Å². The summed E-state index contributed by atoms with van der Waals surface area (Å²) in [4.78, 5) is 15.3. The van der Waals surface area contributed by atoms with E-state index in [1.54, 1.807) is 20.3 Å². The summed E-state index contributed by atoms with van der Waals surface area (Å²) in [5.74, 6) is 3.12. The van der Waals surface area contributed by atoms with E-state index in [0.29, 0.717) is 36.9 Å². The molecule has 2 heterocycles. The van der Waals surface area contributed by atoms with E-state index in [1.807, 2.05) is 55.5 Å². The number of para-hydroxylation sites is 1. The predicted molar refractivity (Wildman–Crippen MR) is 125 cm³/mol. The molecule has 33 heavy (non-hydrogen) atoms. The van der Waals surface area contributed by atoms with E-state index in [-0.39, 0.29) is 5.78 Å². The van der Waals surface area contributed by atoms with Crippen LogP contribution in [0.25, 0.3) is 6.08 Å². The Labute approximate surface area is 193 Å². The Kier molecular flexibility index (Phi) is 5.52. The quantitative estimate of drug-likeness (QED) is 0.519. The Morgan fingerprint density at radius 1 is 1.03 bits per heavy atom. The minimum atomic E-state index is -0.124. The number of hydrogen-bond acceptors (Lipinski definition) is 6. The molecular formula is C27H25NO5. The lowest BCUT2D eigenvalue weighted by molar-refractivity contribution is 0.0869. The topological polar surface area (TPSA) is 57.2 Å². The van der Waals surface area contributed by atoms with Gasteiger partial charge >= 0.3 is 0 Å². The van der Waals surface area contributed by atoms with Crippen LogP contribution >= 0.6 is 0 Å². The molecule has 0 aliphatic carbocycles. The summed E-state index contributed by atoms with van der Waals surface area (Å²) < 4.78 is 22.9. The minimum absolute atomic E-state index is 0.124. The van der Waals surface area contributed by atoms with E-state index >= 15 is 0 Å². The number of carbonyl (C=O) groups is 1. The molecule has 0 radical (unpaired) electrons. The first kappa shape index (κ1) is 21.1. The number of rotatable bonds is 5. The Morgan fingerprint density at radius 2 is 1.88 bits per heavy atom. The zero-order valence-corrected chi connectivity index (χ0v) is 18.9. The van der Waals surface area contributed by atoms with E-state index in [1.165, 1.54) is 0 Å². The smallest absolute Gasteiger partial charge is 0.231 e. The lowest BCUT2D eigenvalue weighted by Gasteiger charge is -2.30. The molecule has 3 aromatic rings. The number of hydrogen-bond donors (Lipinski definition) is 0. The van der Waals surface area contributed by atoms with Gasteiger partial charge in [-0.2, -0.15) is 0 Å². The Morgan fingerprint density at radius 3 is 2.70 bits per heavy atom. The van der Waals surface area contributed by atoms with Crippen LogP contribution in [0, 0.1) is 6.92 Å². The number of ketones is 1. The van der Waals surface area contributed by atoms with Crippen molar-refractivity contribution >= 4 is 11.9 Å². The molecule has 6 heteroatoms. The molecule has 0 N–H and O–H groups in total. The maximum absolute atomic E-state index is 13.2. The SMILES string of the molecule is COc1cccc(/C=C2\Oc3c(cc4c(c3C)OCN(Cc3ccccc3OC)C4)C2=O)c1. The molecule has 0 spiro atoms. The molecule has 0 aromatic heterocycles. The molecule has 0 saturated carbocycles. The van der Waals surface area contributed by atoms with Crippen molar-refractivity contribution in [2.24, 2.45) is 0 Å². The number of fused-ring (bicyclic) bond motifs is 2. The number of nitrogens with zero attached hydrogens (tertiary/aromatic N) is 1. The number of allylic oxidation sites excluding steroid dienone is 1. The Balaban J connectivity index is 1.42. The summed E-state index contributed by atoms with van der Waals surface area (Å²) in [6.07, 6.45) is 1.75. The van der Waals surface area contributed by atoms with Crippen molar-refractivity contribution in [1.29, 1.82) is 0 Å². The van der Waals surface area contributed by atoms with Gasteiger partial charge in [0.1, 0.15) is 29.7 Å². The highest BCUT2D eigenvalue weighted by Gasteiger charge is 2.33. The van der Waals surface area contributed by atoms with Crippen LogP contribution in [-0.4, -0.2) is 31.6 Å². The normalized spacial score (nSPS) is 16.1.